The summed E-state index contributed by atoms with van der Waals surface area (Å²) < 4.78 is 5.41. The van der Waals surface area contributed by atoms with Crippen molar-refractivity contribution in [3.05, 3.63) is 81.9 Å². The molecule has 5 nitrogen and oxygen atoms in total. The maximum atomic E-state index is 12.0. The van der Waals surface area contributed by atoms with E-state index in [1.165, 1.54) is 18.2 Å². The molecule has 22 heavy (non-hydrogen) atoms. The standard InChI is InChI=1S/C17H13NO4/c19-15(17-16(22-17)13-6-2-1-3-7-13)10-9-12-5-4-8-14(11-12)18(20)21/h1-11,16-17H/b10-9+/t16-,17+/m1/s1. The highest BCUT2D eigenvalue weighted by molar-refractivity contribution is 5.99. The Morgan fingerprint density at radius 1 is 1.14 bits per heavy atom. The summed E-state index contributed by atoms with van der Waals surface area (Å²) in [4.78, 5) is 22.3. The van der Waals surface area contributed by atoms with Crippen molar-refractivity contribution in [2.24, 2.45) is 0 Å². The maximum Gasteiger partial charge on any atom is 0.270 e. The largest absolute Gasteiger partial charge is 0.356 e. The zero-order valence-electron chi connectivity index (χ0n) is 11.6. The summed E-state index contributed by atoms with van der Waals surface area (Å²) >= 11 is 0. The van der Waals surface area contributed by atoms with E-state index >= 15 is 0 Å². The fourth-order valence-electron chi connectivity index (χ4n) is 2.24. The van der Waals surface area contributed by atoms with Gasteiger partial charge in [-0.15, -0.1) is 0 Å². The number of nitrogens with zero attached hydrogens (tertiary/aromatic N) is 1. The Kier molecular flexibility index (Phi) is 3.80. The Hall–Kier alpha value is -2.79. The number of rotatable bonds is 5. The number of ketones is 1. The van der Waals surface area contributed by atoms with Crippen LogP contribution in [0.1, 0.15) is 17.2 Å². The molecule has 0 bridgehead atoms. The Balaban J connectivity index is 1.66. The van der Waals surface area contributed by atoms with E-state index in [-0.39, 0.29) is 17.6 Å². The molecule has 1 heterocycles. The van der Waals surface area contributed by atoms with E-state index in [2.05, 4.69) is 0 Å². The number of nitro benzene ring substituents is 1. The molecule has 0 amide bonds. The van der Waals surface area contributed by atoms with Gasteiger partial charge in [-0.2, -0.15) is 0 Å². The van der Waals surface area contributed by atoms with E-state index in [9.17, 15) is 14.9 Å². The summed E-state index contributed by atoms with van der Waals surface area (Å²) in [7, 11) is 0. The summed E-state index contributed by atoms with van der Waals surface area (Å²) in [5.74, 6) is -0.139. The molecule has 0 radical (unpaired) electrons. The average Bonchev–Trinajstić information content (AvgIpc) is 3.34. The van der Waals surface area contributed by atoms with Crippen molar-refractivity contribution >= 4 is 17.5 Å². The van der Waals surface area contributed by atoms with Crippen LogP contribution in [0, 0.1) is 10.1 Å². The molecule has 2 atom stereocenters. The molecule has 1 aliphatic rings. The van der Waals surface area contributed by atoms with Crippen LogP contribution in [0.3, 0.4) is 0 Å². The van der Waals surface area contributed by atoms with Gasteiger partial charge in [0.2, 0.25) is 0 Å². The van der Waals surface area contributed by atoms with E-state index in [4.69, 9.17) is 4.74 Å². The second-order valence-corrected chi connectivity index (χ2v) is 4.98. The van der Waals surface area contributed by atoms with Crippen LogP contribution in [0.25, 0.3) is 6.08 Å². The Bertz CT molecular complexity index is 739. The quantitative estimate of drug-likeness (QED) is 0.367. The van der Waals surface area contributed by atoms with Crippen LogP contribution in [0.2, 0.25) is 0 Å². The summed E-state index contributed by atoms with van der Waals surface area (Å²) in [6.45, 7) is 0. The van der Waals surface area contributed by atoms with Crippen molar-refractivity contribution < 1.29 is 14.5 Å². The predicted octanol–water partition coefficient (Wildman–Crippen LogP) is 3.32. The topological polar surface area (TPSA) is 72.7 Å². The van der Waals surface area contributed by atoms with Gasteiger partial charge in [0, 0.05) is 12.1 Å². The normalized spacial score (nSPS) is 20.0. The maximum absolute atomic E-state index is 12.0. The van der Waals surface area contributed by atoms with Gasteiger partial charge in [-0.1, -0.05) is 48.5 Å². The number of carbonyl (C=O) groups is 1. The second kappa shape index (κ2) is 5.91. The lowest BCUT2D eigenvalue weighted by atomic mass is 10.1. The third kappa shape index (κ3) is 3.10. The monoisotopic (exact) mass is 295 g/mol. The van der Waals surface area contributed by atoms with Gasteiger partial charge < -0.3 is 4.74 Å². The molecule has 0 aromatic heterocycles. The van der Waals surface area contributed by atoms with Crippen molar-refractivity contribution in [3.63, 3.8) is 0 Å². The first kappa shape index (κ1) is 14.2. The highest BCUT2D eigenvalue weighted by atomic mass is 16.6. The van der Waals surface area contributed by atoms with Crippen LogP contribution >= 0.6 is 0 Å². The van der Waals surface area contributed by atoms with Crippen LogP contribution < -0.4 is 0 Å². The molecule has 2 aromatic carbocycles. The average molecular weight is 295 g/mol. The SMILES string of the molecule is O=C(/C=C/c1cccc([N+](=O)[O-])c1)[C@@H]1O[C@@H]1c1ccccc1. The first-order chi connectivity index (χ1) is 10.6. The zero-order valence-corrected chi connectivity index (χ0v) is 11.6. The van der Waals surface area contributed by atoms with Crippen LogP contribution in [0.5, 0.6) is 0 Å². The molecule has 3 rings (SSSR count). The van der Waals surface area contributed by atoms with E-state index in [1.807, 2.05) is 30.3 Å². The molecule has 0 N–H and O–H groups in total. The van der Waals surface area contributed by atoms with Crippen LogP contribution in [0.4, 0.5) is 5.69 Å². The summed E-state index contributed by atoms with van der Waals surface area (Å²) in [6, 6.07) is 15.7. The van der Waals surface area contributed by atoms with E-state index in [0.29, 0.717) is 5.56 Å². The first-order valence-electron chi connectivity index (χ1n) is 6.82. The molecule has 1 saturated heterocycles. The predicted molar refractivity (Wildman–Crippen MR) is 81.2 cm³/mol. The number of hydrogen-bond acceptors (Lipinski definition) is 4. The number of benzene rings is 2. The van der Waals surface area contributed by atoms with Crippen molar-refractivity contribution in [3.8, 4) is 0 Å². The Morgan fingerprint density at radius 3 is 2.64 bits per heavy atom. The minimum absolute atomic E-state index is 0.000525. The number of epoxide rings is 1. The van der Waals surface area contributed by atoms with Gasteiger partial charge in [0.05, 0.1) is 4.92 Å². The summed E-state index contributed by atoms with van der Waals surface area (Å²) in [6.07, 6.45) is 2.33. The lowest BCUT2D eigenvalue weighted by Gasteiger charge is -1.94. The summed E-state index contributed by atoms with van der Waals surface area (Å²) in [5, 5.41) is 10.7. The van der Waals surface area contributed by atoms with Gasteiger partial charge in [0.15, 0.2) is 11.9 Å². The minimum Gasteiger partial charge on any atom is -0.356 e. The van der Waals surface area contributed by atoms with Crippen LogP contribution in [-0.2, 0) is 9.53 Å². The number of hydrogen-bond donors (Lipinski definition) is 0. The molecule has 1 aliphatic heterocycles. The van der Waals surface area contributed by atoms with Gasteiger partial charge in [0.1, 0.15) is 6.10 Å². The van der Waals surface area contributed by atoms with Crippen molar-refractivity contribution in [1.82, 2.24) is 0 Å². The number of ether oxygens (including phenoxy) is 1. The number of non-ortho nitro benzene ring substituents is 1. The van der Waals surface area contributed by atoms with Gasteiger partial charge >= 0.3 is 0 Å². The third-order valence-corrected chi connectivity index (χ3v) is 3.42. The van der Waals surface area contributed by atoms with Crippen molar-refractivity contribution in [2.45, 2.75) is 12.2 Å². The van der Waals surface area contributed by atoms with Gasteiger partial charge in [-0.25, -0.2) is 0 Å². The number of nitro groups is 1. The second-order valence-electron chi connectivity index (χ2n) is 4.98. The molecule has 5 heteroatoms. The minimum atomic E-state index is -0.464. The van der Waals surface area contributed by atoms with Crippen molar-refractivity contribution in [1.29, 1.82) is 0 Å². The van der Waals surface area contributed by atoms with E-state index < -0.39 is 11.0 Å². The molecule has 0 spiro atoms. The molecule has 1 fully saturated rings. The Labute approximate surface area is 127 Å². The smallest absolute Gasteiger partial charge is 0.270 e. The van der Waals surface area contributed by atoms with Gasteiger partial charge in [0.25, 0.3) is 5.69 Å². The van der Waals surface area contributed by atoms with Gasteiger partial charge in [-0.05, 0) is 17.2 Å². The van der Waals surface area contributed by atoms with Crippen LogP contribution in [0.15, 0.2) is 60.7 Å². The molecule has 110 valence electrons. The van der Waals surface area contributed by atoms with E-state index in [0.717, 1.165) is 5.56 Å². The fourth-order valence-corrected chi connectivity index (χ4v) is 2.24. The molecule has 0 unspecified atom stereocenters. The summed E-state index contributed by atoms with van der Waals surface area (Å²) in [5.41, 5.74) is 1.59. The van der Waals surface area contributed by atoms with Crippen molar-refractivity contribution in [2.75, 3.05) is 0 Å². The number of carbonyl (C=O) groups excluding carboxylic acids is 1. The molecular formula is C17H13NO4. The first-order valence-corrected chi connectivity index (χ1v) is 6.82. The lowest BCUT2D eigenvalue weighted by molar-refractivity contribution is -0.384. The van der Waals surface area contributed by atoms with Crippen LogP contribution in [-0.4, -0.2) is 16.8 Å². The molecule has 0 aliphatic carbocycles. The lowest BCUT2D eigenvalue weighted by Crippen LogP contribution is -2.03. The van der Waals surface area contributed by atoms with E-state index in [1.54, 1.807) is 18.2 Å². The highest BCUT2D eigenvalue weighted by Crippen LogP contribution is 2.39. The Morgan fingerprint density at radius 2 is 1.91 bits per heavy atom. The molecule has 0 saturated carbocycles. The van der Waals surface area contributed by atoms with Gasteiger partial charge in [-0.3, -0.25) is 14.9 Å². The molecule has 2 aromatic rings. The third-order valence-electron chi connectivity index (χ3n) is 3.42. The highest BCUT2D eigenvalue weighted by Gasteiger charge is 2.44. The zero-order chi connectivity index (χ0) is 15.5. The fraction of sp³-hybridized carbons (Fsp3) is 0.118. The molecular weight excluding hydrogens is 282 g/mol.